The van der Waals surface area contributed by atoms with Gasteiger partial charge in [0.15, 0.2) is 25.7 Å². The number of phosphoric acid groups is 1. The van der Waals surface area contributed by atoms with Gasteiger partial charge in [0.25, 0.3) is 0 Å². The van der Waals surface area contributed by atoms with Gasteiger partial charge in [-0.1, -0.05) is 52.2 Å². The topological polar surface area (TPSA) is 198 Å². The number of aliphatic hydroxyl groups excluding tert-OH is 1. The highest BCUT2D eigenvalue weighted by molar-refractivity contribution is 7.48. The number of fused-ring (bicyclic) bond motifs is 1. The fraction of sp³-hybridized carbons (Fsp3) is 0.552. The predicted molar refractivity (Wildman–Crippen MR) is 174 cm³/mol. The number of rotatable bonds is 18. The Bertz CT molecular complexity index is 1510. The molecule has 1 aliphatic rings. The quantitative estimate of drug-likeness (QED) is 0.0911. The molecule has 1 unspecified atom stereocenters. The van der Waals surface area contributed by atoms with Gasteiger partial charge in [-0.25, -0.2) is 14.3 Å². The van der Waals surface area contributed by atoms with Gasteiger partial charge in [-0.2, -0.15) is 15.2 Å². The van der Waals surface area contributed by atoms with Gasteiger partial charge in [0, 0.05) is 0 Å². The zero-order chi connectivity index (χ0) is 34.8. The van der Waals surface area contributed by atoms with Crippen LogP contribution in [0.3, 0.4) is 0 Å². The van der Waals surface area contributed by atoms with Crippen molar-refractivity contribution in [2.45, 2.75) is 69.9 Å². The van der Waals surface area contributed by atoms with E-state index in [0.717, 1.165) is 0 Å². The molecule has 0 aromatic carbocycles. The molecule has 16 nitrogen and oxygen atoms in total. The third-order valence-electron chi connectivity index (χ3n) is 7.31. The molecule has 3 heterocycles. The Kier molecular flexibility index (Phi) is 13.4. The van der Waals surface area contributed by atoms with Gasteiger partial charge in [0.1, 0.15) is 31.5 Å². The molecule has 1 amide bonds. The molecule has 0 saturated carbocycles. The molecule has 258 valence electrons. The van der Waals surface area contributed by atoms with Crippen LogP contribution < -0.4 is 10.1 Å². The molecule has 2 aromatic rings. The van der Waals surface area contributed by atoms with Crippen LogP contribution in [0.25, 0.3) is 11.2 Å². The molecule has 2 N–H and O–H groups in total. The van der Waals surface area contributed by atoms with Gasteiger partial charge in [-0.15, -0.1) is 6.58 Å². The summed E-state index contributed by atoms with van der Waals surface area (Å²) in [6.45, 7) is 20.0. The number of aromatic nitrogens is 4. The third kappa shape index (κ3) is 9.55. The Balaban J connectivity index is 2.16. The number of carbonyl (C=O) groups excluding carboxylic acids is 1. The number of hydrogen-bond donors (Lipinski definition) is 2. The molecule has 1 fully saturated rings. The number of aliphatic hydroxyl groups is 1. The molecule has 0 radical (unpaired) electrons. The highest BCUT2D eigenvalue weighted by atomic mass is 31.2. The standard InChI is InChI=1S/C29H43N6O10PSi/c1-9-14-39-25-21-24(32-27(33-25)34-28(37)40-15-10-2)35(19-31-21)26-23(45-47(7,8)29(4,5)6)22(20(18-36)43-26)44-46(38,41-16-11-3)42-17-12-13-30/h9-11,19-20,22-23,26,36H,1-3,12,14-18H2,4-8H3,(H,32,33,34,37)/t20-,22-,23-,26-,46?/m1/s1. The number of nitriles is 1. The van der Waals surface area contributed by atoms with E-state index in [0.29, 0.717) is 0 Å². The van der Waals surface area contributed by atoms with Crippen LogP contribution in [0.2, 0.25) is 18.1 Å². The van der Waals surface area contributed by atoms with E-state index in [2.05, 4.69) is 40.0 Å². The largest absolute Gasteiger partial charge is 0.475 e. The van der Waals surface area contributed by atoms with Crippen LogP contribution in [0.15, 0.2) is 44.3 Å². The number of anilines is 1. The van der Waals surface area contributed by atoms with Crippen molar-refractivity contribution < 1.29 is 46.7 Å². The summed E-state index contributed by atoms with van der Waals surface area (Å²) in [6.07, 6.45) is 0.433. The Morgan fingerprint density at radius 1 is 1.17 bits per heavy atom. The van der Waals surface area contributed by atoms with Crippen molar-refractivity contribution in [3.05, 3.63) is 44.3 Å². The smallest absolute Gasteiger partial charge is 0.472 e. The monoisotopic (exact) mass is 694 g/mol. The Morgan fingerprint density at radius 3 is 2.49 bits per heavy atom. The molecule has 3 rings (SSSR count). The molecular formula is C29H43N6O10PSi. The van der Waals surface area contributed by atoms with Crippen molar-refractivity contribution in [2.24, 2.45) is 0 Å². The Labute approximate surface area is 275 Å². The van der Waals surface area contributed by atoms with Crippen LogP contribution in [0.4, 0.5) is 10.7 Å². The minimum atomic E-state index is -4.34. The van der Waals surface area contributed by atoms with Crippen LogP contribution in [0, 0.1) is 11.3 Å². The van der Waals surface area contributed by atoms with E-state index in [1.54, 1.807) is 0 Å². The number of nitrogens with one attached hydrogen (secondary N) is 1. The first-order valence-electron chi connectivity index (χ1n) is 14.8. The number of ether oxygens (including phenoxy) is 3. The average Bonchev–Trinajstić information content (AvgIpc) is 3.58. The predicted octanol–water partition coefficient (Wildman–Crippen LogP) is 5.03. The van der Waals surface area contributed by atoms with E-state index in [1.807, 2.05) is 39.9 Å². The summed E-state index contributed by atoms with van der Waals surface area (Å²) >= 11 is 0. The van der Waals surface area contributed by atoms with Crippen molar-refractivity contribution in [3.8, 4) is 11.9 Å². The molecule has 5 atom stereocenters. The molecular weight excluding hydrogens is 651 g/mol. The number of carbonyl (C=O) groups is 1. The number of imidazole rings is 1. The van der Waals surface area contributed by atoms with Crippen molar-refractivity contribution in [1.82, 2.24) is 19.5 Å². The SMILES string of the molecule is C=CCOC(=O)Nc1nc(OCC=C)c2ncn([C@@H]3O[C@H](CO)[C@@H](OP(=O)(OCC=C)OCCC#N)[C@H]3O[Si](C)(C)C(C)(C)C)c2n1. The molecule has 1 saturated heterocycles. The van der Waals surface area contributed by atoms with E-state index in [9.17, 15) is 14.5 Å². The lowest BCUT2D eigenvalue weighted by Crippen LogP contribution is -2.49. The van der Waals surface area contributed by atoms with E-state index >= 15 is 0 Å². The van der Waals surface area contributed by atoms with Crippen LogP contribution >= 0.6 is 7.82 Å². The maximum Gasteiger partial charge on any atom is 0.475 e. The number of hydrogen-bond acceptors (Lipinski definition) is 14. The van der Waals surface area contributed by atoms with E-state index < -0.39 is 53.4 Å². The normalized spacial score (nSPS) is 21.0. The van der Waals surface area contributed by atoms with Gasteiger partial charge in [0.2, 0.25) is 11.8 Å². The molecule has 2 aromatic heterocycles. The zero-order valence-corrected chi connectivity index (χ0v) is 29.2. The maximum atomic E-state index is 13.8. The van der Waals surface area contributed by atoms with Crippen molar-refractivity contribution in [3.63, 3.8) is 0 Å². The lowest BCUT2D eigenvalue weighted by molar-refractivity contribution is -0.0501. The first-order valence-corrected chi connectivity index (χ1v) is 19.1. The number of amides is 1. The first-order chi connectivity index (χ1) is 22.2. The molecule has 47 heavy (non-hydrogen) atoms. The molecule has 0 aliphatic carbocycles. The summed E-state index contributed by atoms with van der Waals surface area (Å²) in [5, 5.41) is 21.6. The second-order valence-corrected chi connectivity index (χ2v) is 18.1. The van der Waals surface area contributed by atoms with Crippen LogP contribution in [-0.2, 0) is 32.0 Å². The fourth-order valence-electron chi connectivity index (χ4n) is 4.08. The zero-order valence-electron chi connectivity index (χ0n) is 27.3. The summed E-state index contributed by atoms with van der Waals surface area (Å²) in [5.74, 6) is -0.126. The molecule has 18 heteroatoms. The van der Waals surface area contributed by atoms with E-state index in [1.165, 1.54) is 29.1 Å². The third-order valence-corrected chi connectivity index (χ3v) is 13.3. The van der Waals surface area contributed by atoms with Crippen molar-refractivity contribution in [2.75, 3.05) is 38.4 Å². The van der Waals surface area contributed by atoms with Gasteiger partial charge in [0.05, 0.1) is 38.6 Å². The van der Waals surface area contributed by atoms with Crippen LogP contribution in [-0.4, -0.2) is 90.4 Å². The highest BCUT2D eigenvalue weighted by Crippen LogP contribution is 2.54. The van der Waals surface area contributed by atoms with Crippen molar-refractivity contribution >= 4 is 39.3 Å². The summed E-state index contributed by atoms with van der Waals surface area (Å²) in [5.41, 5.74) is 0.386. The van der Waals surface area contributed by atoms with E-state index in [-0.39, 0.29) is 60.9 Å². The van der Waals surface area contributed by atoms with Crippen LogP contribution in [0.1, 0.15) is 33.4 Å². The summed E-state index contributed by atoms with van der Waals surface area (Å²) < 4.78 is 56.1. The molecule has 0 spiro atoms. The highest BCUT2D eigenvalue weighted by Gasteiger charge is 2.54. The van der Waals surface area contributed by atoms with Crippen molar-refractivity contribution in [1.29, 1.82) is 5.26 Å². The van der Waals surface area contributed by atoms with Crippen LogP contribution in [0.5, 0.6) is 5.88 Å². The average molecular weight is 695 g/mol. The minimum Gasteiger partial charge on any atom is -0.472 e. The second-order valence-electron chi connectivity index (χ2n) is 11.7. The van der Waals surface area contributed by atoms with Gasteiger partial charge in [-0.05, 0) is 18.1 Å². The lowest BCUT2D eigenvalue weighted by atomic mass is 10.1. The molecule has 0 bridgehead atoms. The maximum absolute atomic E-state index is 13.8. The van der Waals surface area contributed by atoms with Gasteiger partial charge >= 0.3 is 13.9 Å². The summed E-state index contributed by atoms with van der Waals surface area (Å²) in [7, 11) is -6.98. The fourth-order valence-corrected chi connectivity index (χ4v) is 6.71. The lowest BCUT2D eigenvalue weighted by Gasteiger charge is -2.40. The minimum absolute atomic E-state index is 0.0345. The number of nitrogens with zero attached hydrogens (tertiary/aromatic N) is 5. The first kappa shape index (κ1) is 38.0. The summed E-state index contributed by atoms with van der Waals surface area (Å²) in [6, 6.07) is 1.91. The Hall–Kier alpha value is -3.46. The van der Waals surface area contributed by atoms with Gasteiger partial charge < -0.3 is 23.7 Å². The second kappa shape index (κ2) is 16.6. The Morgan fingerprint density at radius 2 is 1.87 bits per heavy atom. The van der Waals surface area contributed by atoms with Gasteiger partial charge in [-0.3, -0.25) is 23.5 Å². The van der Waals surface area contributed by atoms with E-state index in [4.69, 9.17) is 37.5 Å². The summed E-state index contributed by atoms with van der Waals surface area (Å²) in [4.78, 5) is 25.6. The molecule has 1 aliphatic heterocycles. The number of phosphoric ester groups is 1.